The molecule has 0 saturated carbocycles. The lowest BCUT2D eigenvalue weighted by Crippen LogP contribution is -2.37. The van der Waals surface area contributed by atoms with Gasteiger partial charge in [0.25, 0.3) is 5.91 Å². The van der Waals surface area contributed by atoms with Crippen LogP contribution in [0.25, 0.3) is 0 Å². The highest BCUT2D eigenvalue weighted by Crippen LogP contribution is 2.21. The fraction of sp³-hybridized carbons (Fsp3) is 0.417. The number of rotatable bonds is 2. The van der Waals surface area contributed by atoms with E-state index < -0.39 is 0 Å². The highest BCUT2D eigenvalue weighted by Gasteiger charge is 2.25. The summed E-state index contributed by atoms with van der Waals surface area (Å²) in [6.07, 6.45) is 0.848. The molecule has 0 radical (unpaired) electrons. The number of amides is 1. The second-order valence-electron chi connectivity index (χ2n) is 4.06. The third kappa shape index (κ3) is 2.66. The first kappa shape index (κ1) is 12.5. The topological polar surface area (TPSA) is 29.5 Å². The van der Waals surface area contributed by atoms with Crippen molar-refractivity contribution in [3.05, 3.63) is 34.1 Å². The van der Waals surface area contributed by atoms with Gasteiger partial charge in [0.1, 0.15) is 5.82 Å². The number of benzene rings is 1. The molecular formula is C12H13BrFNO2. The number of halogens is 2. The first-order valence-electron chi connectivity index (χ1n) is 5.39. The van der Waals surface area contributed by atoms with Gasteiger partial charge in [-0.3, -0.25) is 4.79 Å². The van der Waals surface area contributed by atoms with Gasteiger partial charge in [-0.2, -0.15) is 0 Å². The van der Waals surface area contributed by atoms with Gasteiger partial charge in [0, 0.05) is 18.1 Å². The minimum absolute atomic E-state index is 0.111. The molecule has 1 unspecified atom stereocenters. The molecule has 0 N–H and O–H groups in total. The lowest BCUT2D eigenvalue weighted by molar-refractivity contribution is 0.0710. The normalized spacial score (nSPS) is 19.4. The van der Waals surface area contributed by atoms with Gasteiger partial charge in [-0.25, -0.2) is 4.39 Å². The van der Waals surface area contributed by atoms with E-state index in [0.29, 0.717) is 23.2 Å². The summed E-state index contributed by atoms with van der Waals surface area (Å²) in [5.41, 5.74) is 0.473. The third-order valence-electron chi connectivity index (χ3n) is 2.94. The van der Waals surface area contributed by atoms with Gasteiger partial charge in [-0.15, -0.1) is 0 Å². The molecule has 0 aromatic heterocycles. The van der Waals surface area contributed by atoms with Crippen LogP contribution in [0.4, 0.5) is 4.39 Å². The van der Waals surface area contributed by atoms with E-state index in [2.05, 4.69) is 15.9 Å². The van der Waals surface area contributed by atoms with Gasteiger partial charge in [0.2, 0.25) is 0 Å². The van der Waals surface area contributed by atoms with Gasteiger partial charge in [-0.05, 0) is 40.5 Å². The maximum Gasteiger partial charge on any atom is 0.255 e. The Hall–Kier alpha value is -0.940. The predicted octanol–water partition coefficient (Wildman–Crippen LogP) is 2.45. The molecule has 1 saturated heterocycles. The number of carbonyl (C=O) groups is 1. The first-order chi connectivity index (χ1) is 8.09. The van der Waals surface area contributed by atoms with E-state index in [4.69, 9.17) is 4.74 Å². The molecule has 0 aliphatic carbocycles. The molecule has 0 bridgehead atoms. The number of likely N-dealkylation sites (N-methyl/N-ethyl adjacent to an activating group) is 1. The van der Waals surface area contributed by atoms with Crippen molar-refractivity contribution >= 4 is 21.8 Å². The SMILES string of the molecule is CN(C(=O)c1ccc(F)cc1Br)C1CCOC1. The molecule has 1 aromatic rings. The van der Waals surface area contributed by atoms with E-state index in [-0.39, 0.29) is 17.8 Å². The van der Waals surface area contributed by atoms with Gasteiger partial charge >= 0.3 is 0 Å². The highest BCUT2D eigenvalue weighted by atomic mass is 79.9. The number of ether oxygens (including phenoxy) is 1. The van der Waals surface area contributed by atoms with Crippen LogP contribution in [0.2, 0.25) is 0 Å². The molecule has 3 nitrogen and oxygen atoms in total. The Morgan fingerprint density at radius 1 is 1.59 bits per heavy atom. The van der Waals surface area contributed by atoms with Crippen molar-refractivity contribution in [3.63, 3.8) is 0 Å². The van der Waals surface area contributed by atoms with Crippen LogP contribution in [0, 0.1) is 5.82 Å². The molecule has 0 spiro atoms. The van der Waals surface area contributed by atoms with Crippen molar-refractivity contribution in [3.8, 4) is 0 Å². The molecule has 92 valence electrons. The van der Waals surface area contributed by atoms with Gasteiger partial charge in [0.15, 0.2) is 0 Å². The van der Waals surface area contributed by atoms with E-state index in [0.717, 1.165) is 6.42 Å². The van der Waals surface area contributed by atoms with E-state index in [1.54, 1.807) is 11.9 Å². The monoisotopic (exact) mass is 301 g/mol. The Morgan fingerprint density at radius 2 is 2.35 bits per heavy atom. The average molecular weight is 302 g/mol. The summed E-state index contributed by atoms with van der Waals surface area (Å²) in [4.78, 5) is 13.8. The Bertz CT molecular complexity index is 433. The van der Waals surface area contributed by atoms with Crippen LogP contribution >= 0.6 is 15.9 Å². The summed E-state index contributed by atoms with van der Waals surface area (Å²) < 4.78 is 18.7. The summed E-state index contributed by atoms with van der Waals surface area (Å²) in [6, 6.07) is 4.19. The standard InChI is InChI=1S/C12H13BrFNO2/c1-15(9-4-5-17-7-9)12(16)10-3-2-8(14)6-11(10)13/h2-3,6,9H,4-5,7H2,1H3. The van der Waals surface area contributed by atoms with Crippen molar-refractivity contribution in [2.45, 2.75) is 12.5 Å². The molecule has 1 amide bonds. The summed E-state index contributed by atoms with van der Waals surface area (Å²) in [5.74, 6) is -0.479. The summed E-state index contributed by atoms with van der Waals surface area (Å²) >= 11 is 3.21. The zero-order chi connectivity index (χ0) is 12.4. The van der Waals surface area contributed by atoms with Crippen molar-refractivity contribution in [1.29, 1.82) is 0 Å². The lowest BCUT2D eigenvalue weighted by Gasteiger charge is -2.23. The maximum absolute atomic E-state index is 12.9. The Balaban J connectivity index is 2.18. The fourth-order valence-electron chi connectivity index (χ4n) is 1.85. The number of hydrogen-bond acceptors (Lipinski definition) is 2. The molecule has 1 fully saturated rings. The number of nitrogens with zero attached hydrogens (tertiary/aromatic N) is 1. The smallest absolute Gasteiger partial charge is 0.255 e. The van der Waals surface area contributed by atoms with E-state index in [9.17, 15) is 9.18 Å². The maximum atomic E-state index is 12.9. The van der Waals surface area contributed by atoms with E-state index in [1.807, 2.05) is 0 Å². The van der Waals surface area contributed by atoms with Crippen LogP contribution < -0.4 is 0 Å². The number of carbonyl (C=O) groups excluding carboxylic acids is 1. The first-order valence-corrected chi connectivity index (χ1v) is 6.19. The average Bonchev–Trinajstić information content (AvgIpc) is 2.80. The van der Waals surface area contributed by atoms with Gasteiger partial charge < -0.3 is 9.64 Å². The highest BCUT2D eigenvalue weighted by molar-refractivity contribution is 9.10. The molecular weight excluding hydrogens is 289 g/mol. The fourth-order valence-corrected chi connectivity index (χ4v) is 2.37. The quantitative estimate of drug-likeness (QED) is 0.840. The van der Waals surface area contributed by atoms with E-state index >= 15 is 0 Å². The second-order valence-corrected chi connectivity index (χ2v) is 4.91. The van der Waals surface area contributed by atoms with Gasteiger partial charge in [0.05, 0.1) is 18.2 Å². The second kappa shape index (κ2) is 5.14. The summed E-state index contributed by atoms with van der Waals surface area (Å²) in [7, 11) is 1.75. The van der Waals surface area contributed by atoms with Crippen LogP contribution in [-0.4, -0.2) is 37.1 Å². The van der Waals surface area contributed by atoms with Gasteiger partial charge in [-0.1, -0.05) is 0 Å². The lowest BCUT2D eigenvalue weighted by atomic mass is 10.1. The van der Waals surface area contributed by atoms with Crippen LogP contribution in [0.1, 0.15) is 16.8 Å². The van der Waals surface area contributed by atoms with Crippen LogP contribution in [0.15, 0.2) is 22.7 Å². The molecule has 1 aromatic carbocycles. The molecule has 2 rings (SSSR count). The van der Waals surface area contributed by atoms with Crippen molar-refractivity contribution < 1.29 is 13.9 Å². The van der Waals surface area contributed by atoms with E-state index in [1.165, 1.54) is 18.2 Å². The molecule has 1 atom stereocenters. The van der Waals surface area contributed by atoms with Crippen LogP contribution in [0.3, 0.4) is 0 Å². The largest absolute Gasteiger partial charge is 0.379 e. The van der Waals surface area contributed by atoms with Crippen molar-refractivity contribution in [2.24, 2.45) is 0 Å². The molecule has 1 heterocycles. The van der Waals surface area contributed by atoms with Crippen LogP contribution in [0.5, 0.6) is 0 Å². The Morgan fingerprint density at radius 3 is 2.94 bits per heavy atom. The minimum Gasteiger partial charge on any atom is -0.379 e. The Kier molecular flexibility index (Phi) is 3.79. The third-order valence-corrected chi connectivity index (χ3v) is 3.59. The summed E-state index contributed by atoms with van der Waals surface area (Å²) in [5, 5.41) is 0. The zero-order valence-electron chi connectivity index (χ0n) is 9.45. The van der Waals surface area contributed by atoms with Crippen LogP contribution in [-0.2, 0) is 4.74 Å². The zero-order valence-corrected chi connectivity index (χ0v) is 11.0. The van der Waals surface area contributed by atoms with Crippen molar-refractivity contribution in [1.82, 2.24) is 4.90 Å². The molecule has 1 aliphatic rings. The summed E-state index contributed by atoms with van der Waals surface area (Å²) in [6.45, 7) is 1.26. The minimum atomic E-state index is -0.361. The molecule has 17 heavy (non-hydrogen) atoms. The van der Waals surface area contributed by atoms with Crippen molar-refractivity contribution in [2.75, 3.05) is 20.3 Å². The number of hydrogen-bond donors (Lipinski definition) is 0. The predicted molar refractivity (Wildman–Crippen MR) is 65.4 cm³/mol. The molecule has 1 aliphatic heterocycles. The molecule has 5 heteroatoms. The Labute approximate surface area is 108 Å².